The molecule has 0 aliphatic carbocycles. The minimum Gasteiger partial charge on any atom is -0.481 e. The molecule has 0 atom stereocenters. The normalized spacial score (nSPS) is 10.9. The number of benzene rings is 1. The van der Waals surface area contributed by atoms with Crippen LogP contribution >= 0.6 is 11.6 Å². The van der Waals surface area contributed by atoms with Gasteiger partial charge in [-0.2, -0.15) is 5.26 Å². The van der Waals surface area contributed by atoms with Crippen molar-refractivity contribution in [3.05, 3.63) is 28.8 Å². The number of alkyl halides is 4. The first-order chi connectivity index (χ1) is 8.76. The highest BCUT2D eigenvalue weighted by Gasteiger charge is 2.32. The van der Waals surface area contributed by atoms with Gasteiger partial charge in [0, 0.05) is 5.88 Å². The molecule has 4 nitrogen and oxygen atoms in total. The van der Waals surface area contributed by atoms with Gasteiger partial charge in [-0.25, -0.2) is 0 Å². The number of carboxylic acid groups (broad SMARTS) is 1. The zero-order valence-electron chi connectivity index (χ0n) is 9.29. The van der Waals surface area contributed by atoms with Crippen molar-refractivity contribution in [1.82, 2.24) is 0 Å². The Kier molecular flexibility index (Phi) is 4.62. The second kappa shape index (κ2) is 5.80. The van der Waals surface area contributed by atoms with Crippen LogP contribution in [0.15, 0.2) is 12.1 Å². The summed E-state index contributed by atoms with van der Waals surface area (Å²) in [4.78, 5) is 10.6. The molecule has 102 valence electrons. The van der Waals surface area contributed by atoms with Crippen LogP contribution in [0, 0.1) is 11.3 Å². The van der Waals surface area contributed by atoms with Crippen molar-refractivity contribution < 1.29 is 27.8 Å². The monoisotopic (exact) mass is 293 g/mol. The van der Waals surface area contributed by atoms with Crippen LogP contribution in [0.1, 0.15) is 16.7 Å². The van der Waals surface area contributed by atoms with E-state index in [0.717, 1.165) is 12.1 Å². The van der Waals surface area contributed by atoms with Gasteiger partial charge in [0.05, 0.1) is 12.0 Å². The molecule has 0 aliphatic heterocycles. The van der Waals surface area contributed by atoms with Gasteiger partial charge in [0.15, 0.2) is 0 Å². The van der Waals surface area contributed by atoms with Gasteiger partial charge in [0.1, 0.15) is 11.8 Å². The minimum atomic E-state index is -4.96. The van der Waals surface area contributed by atoms with Gasteiger partial charge in [-0.3, -0.25) is 4.79 Å². The Balaban J connectivity index is 3.29. The topological polar surface area (TPSA) is 70.3 Å². The van der Waals surface area contributed by atoms with E-state index in [9.17, 15) is 18.0 Å². The van der Waals surface area contributed by atoms with Crippen molar-refractivity contribution in [1.29, 1.82) is 5.26 Å². The largest absolute Gasteiger partial charge is 0.573 e. The molecule has 1 aromatic carbocycles. The molecule has 0 amide bonds. The average molecular weight is 294 g/mol. The standard InChI is InChI=1S/C11H7ClF3NO3/c12-4-7-1-8(5-16)9(19-11(13,14)15)2-6(7)3-10(17)18/h1-2H,3-4H2,(H,17,18). The average Bonchev–Trinajstić information content (AvgIpc) is 2.26. The molecule has 19 heavy (non-hydrogen) atoms. The summed E-state index contributed by atoms with van der Waals surface area (Å²) in [6.45, 7) is 0. The van der Waals surface area contributed by atoms with Crippen LogP contribution in [0.25, 0.3) is 0 Å². The molecule has 0 unspecified atom stereocenters. The minimum absolute atomic E-state index is 0.0701. The Morgan fingerprint density at radius 1 is 1.42 bits per heavy atom. The van der Waals surface area contributed by atoms with Crippen molar-refractivity contribution in [2.45, 2.75) is 18.7 Å². The second-order valence-corrected chi connectivity index (χ2v) is 3.75. The van der Waals surface area contributed by atoms with Crippen molar-refractivity contribution in [2.75, 3.05) is 0 Å². The van der Waals surface area contributed by atoms with Gasteiger partial charge in [0.2, 0.25) is 0 Å². The molecular weight excluding hydrogens is 287 g/mol. The van der Waals surface area contributed by atoms with Crippen LogP contribution in [0.3, 0.4) is 0 Å². The number of aliphatic carboxylic acids is 1. The van der Waals surface area contributed by atoms with Crippen molar-refractivity contribution in [3.63, 3.8) is 0 Å². The molecule has 0 bridgehead atoms. The van der Waals surface area contributed by atoms with Crippen LogP contribution in [0.4, 0.5) is 13.2 Å². The zero-order valence-corrected chi connectivity index (χ0v) is 10.0. The number of hydrogen-bond acceptors (Lipinski definition) is 3. The third-order valence-corrected chi connectivity index (χ3v) is 2.42. The number of rotatable bonds is 4. The number of hydrogen-bond donors (Lipinski definition) is 1. The van der Waals surface area contributed by atoms with Gasteiger partial charge in [-0.1, -0.05) is 0 Å². The lowest BCUT2D eigenvalue weighted by molar-refractivity contribution is -0.274. The Hall–Kier alpha value is -1.94. The fourth-order valence-corrected chi connectivity index (χ4v) is 1.66. The maximum absolute atomic E-state index is 12.2. The third-order valence-electron chi connectivity index (χ3n) is 2.13. The van der Waals surface area contributed by atoms with Gasteiger partial charge in [-0.05, 0) is 23.3 Å². The summed E-state index contributed by atoms with van der Waals surface area (Å²) in [5.41, 5.74) is -0.0157. The fourth-order valence-electron chi connectivity index (χ4n) is 1.42. The molecule has 1 N–H and O–H groups in total. The van der Waals surface area contributed by atoms with Gasteiger partial charge < -0.3 is 9.84 Å². The van der Waals surface area contributed by atoms with E-state index in [2.05, 4.69) is 4.74 Å². The molecule has 1 rings (SSSR count). The smallest absolute Gasteiger partial charge is 0.481 e. The number of nitriles is 1. The van der Waals surface area contributed by atoms with Crippen LogP contribution in [0.5, 0.6) is 5.75 Å². The molecule has 1 aromatic rings. The van der Waals surface area contributed by atoms with E-state index in [1.165, 1.54) is 0 Å². The van der Waals surface area contributed by atoms with E-state index >= 15 is 0 Å². The Morgan fingerprint density at radius 2 is 2.05 bits per heavy atom. The van der Waals surface area contributed by atoms with Gasteiger partial charge in [-0.15, -0.1) is 24.8 Å². The summed E-state index contributed by atoms with van der Waals surface area (Å²) in [6.07, 6.45) is -5.48. The lowest BCUT2D eigenvalue weighted by Gasteiger charge is -2.13. The number of carboxylic acids is 1. The van der Waals surface area contributed by atoms with Gasteiger partial charge in [0.25, 0.3) is 0 Å². The molecule has 0 aromatic heterocycles. The van der Waals surface area contributed by atoms with Crippen LogP contribution in [0.2, 0.25) is 0 Å². The summed E-state index contributed by atoms with van der Waals surface area (Å²) in [5, 5.41) is 17.4. The highest BCUT2D eigenvalue weighted by Crippen LogP contribution is 2.30. The van der Waals surface area contributed by atoms with Crippen LogP contribution in [-0.4, -0.2) is 17.4 Å². The summed E-state index contributed by atoms with van der Waals surface area (Å²) in [5.74, 6) is -2.09. The maximum Gasteiger partial charge on any atom is 0.573 e. The molecule has 0 spiro atoms. The molecule has 0 radical (unpaired) electrons. The number of halogens is 4. The van der Waals surface area contributed by atoms with E-state index in [1.54, 1.807) is 6.07 Å². The number of carbonyl (C=O) groups is 1. The lowest BCUT2D eigenvalue weighted by atomic mass is 10.0. The molecule has 0 fully saturated rings. The van der Waals surface area contributed by atoms with Crippen LogP contribution < -0.4 is 4.74 Å². The summed E-state index contributed by atoms with van der Waals surface area (Å²) in [7, 11) is 0. The molecule has 0 heterocycles. The Bertz CT molecular complexity index is 537. The first-order valence-corrected chi connectivity index (χ1v) is 5.39. The van der Waals surface area contributed by atoms with Crippen LogP contribution in [-0.2, 0) is 17.1 Å². The summed E-state index contributed by atoms with van der Waals surface area (Å²) < 4.78 is 40.2. The molecule has 0 saturated carbocycles. The first kappa shape index (κ1) is 15.1. The van der Waals surface area contributed by atoms with Crippen molar-refractivity contribution in [3.8, 4) is 11.8 Å². The molecule has 0 saturated heterocycles. The quantitative estimate of drug-likeness (QED) is 0.867. The van der Waals surface area contributed by atoms with Gasteiger partial charge >= 0.3 is 12.3 Å². The Morgan fingerprint density at radius 3 is 2.47 bits per heavy atom. The lowest BCUT2D eigenvalue weighted by Crippen LogP contribution is -2.18. The zero-order chi connectivity index (χ0) is 14.6. The second-order valence-electron chi connectivity index (χ2n) is 3.48. The molecule has 8 heteroatoms. The fraction of sp³-hybridized carbons (Fsp3) is 0.273. The highest BCUT2D eigenvalue weighted by molar-refractivity contribution is 6.17. The van der Waals surface area contributed by atoms with E-state index in [4.69, 9.17) is 22.0 Å². The number of ether oxygens (including phenoxy) is 1. The van der Waals surface area contributed by atoms with E-state index < -0.39 is 24.5 Å². The van der Waals surface area contributed by atoms with E-state index in [1.807, 2.05) is 0 Å². The predicted molar refractivity (Wildman–Crippen MR) is 58.7 cm³/mol. The highest BCUT2D eigenvalue weighted by atomic mass is 35.5. The maximum atomic E-state index is 12.2. The summed E-state index contributed by atoms with van der Waals surface area (Å²) in [6, 6.07) is 3.50. The van der Waals surface area contributed by atoms with E-state index in [0.29, 0.717) is 0 Å². The SMILES string of the molecule is N#Cc1cc(CCl)c(CC(=O)O)cc1OC(F)(F)F. The number of nitrogens with zero attached hydrogens (tertiary/aromatic N) is 1. The molecular formula is C11H7ClF3NO3. The van der Waals surface area contributed by atoms with E-state index in [-0.39, 0.29) is 22.6 Å². The first-order valence-electron chi connectivity index (χ1n) is 4.86. The van der Waals surface area contributed by atoms with Crippen molar-refractivity contribution >= 4 is 17.6 Å². The molecule has 0 aliphatic rings. The predicted octanol–water partition coefficient (Wildman–Crippen LogP) is 2.82. The summed E-state index contributed by atoms with van der Waals surface area (Å²) >= 11 is 5.56. The third kappa shape index (κ3) is 4.34. The Labute approximate surface area is 111 Å². The van der Waals surface area contributed by atoms with Crippen molar-refractivity contribution in [2.24, 2.45) is 0 Å².